The van der Waals surface area contributed by atoms with Gasteiger partial charge in [-0.05, 0) is 94.2 Å². The largest absolute Gasteiger partial charge is 0.369 e. The average Bonchev–Trinajstić information content (AvgIpc) is 3.39. The lowest BCUT2D eigenvalue weighted by Crippen LogP contribution is -2.47. The second-order valence-corrected chi connectivity index (χ2v) is 11.0. The summed E-state index contributed by atoms with van der Waals surface area (Å²) in [7, 11) is 0. The first-order valence-corrected chi connectivity index (χ1v) is 14.2. The van der Waals surface area contributed by atoms with Crippen molar-refractivity contribution in [3.05, 3.63) is 76.1 Å². The van der Waals surface area contributed by atoms with Gasteiger partial charge < -0.3 is 15.5 Å². The Labute approximate surface area is 231 Å². The molecule has 0 aliphatic carbocycles. The summed E-state index contributed by atoms with van der Waals surface area (Å²) in [6, 6.07) is 14.4. The highest BCUT2D eigenvalue weighted by Crippen LogP contribution is 2.30. The van der Waals surface area contributed by atoms with E-state index >= 15 is 0 Å². The highest BCUT2D eigenvalue weighted by molar-refractivity contribution is 6.30. The molecule has 38 heavy (non-hydrogen) atoms. The predicted molar refractivity (Wildman–Crippen MR) is 155 cm³/mol. The van der Waals surface area contributed by atoms with Crippen molar-refractivity contribution in [1.29, 1.82) is 0 Å². The van der Waals surface area contributed by atoms with Crippen molar-refractivity contribution in [2.75, 3.05) is 57.3 Å². The van der Waals surface area contributed by atoms with E-state index in [0.717, 1.165) is 76.5 Å². The van der Waals surface area contributed by atoms with Crippen LogP contribution in [-0.4, -0.2) is 72.9 Å². The zero-order chi connectivity index (χ0) is 26.5. The van der Waals surface area contributed by atoms with Crippen LogP contribution in [0.25, 0.3) is 5.69 Å². The third-order valence-electron chi connectivity index (χ3n) is 7.86. The first-order chi connectivity index (χ1) is 18.5. The van der Waals surface area contributed by atoms with Gasteiger partial charge >= 0.3 is 0 Å². The normalized spacial score (nSPS) is 17.1. The summed E-state index contributed by atoms with van der Waals surface area (Å²) in [6.07, 6.45) is 4.65. The number of benzene rings is 2. The molecule has 0 saturated carbocycles. The summed E-state index contributed by atoms with van der Waals surface area (Å²) >= 11 is 6.11. The number of nitrogens with zero attached hydrogens (tertiary/aromatic N) is 4. The summed E-state index contributed by atoms with van der Waals surface area (Å²) in [5, 5.41) is 11.9. The number of halogens is 1. The molecule has 0 radical (unpaired) electrons. The van der Waals surface area contributed by atoms with E-state index in [1.54, 1.807) is 6.20 Å². The molecule has 202 valence electrons. The van der Waals surface area contributed by atoms with Crippen molar-refractivity contribution in [3.63, 3.8) is 0 Å². The van der Waals surface area contributed by atoms with Crippen molar-refractivity contribution in [2.24, 2.45) is 0 Å². The number of hydrogen-bond acceptors (Lipinski definition) is 5. The van der Waals surface area contributed by atoms with Gasteiger partial charge in [0.2, 0.25) is 0 Å². The summed E-state index contributed by atoms with van der Waals surface area (Å²) < 4.78 is 1.93. The van der Waals surface area contributed by atoms with Crippen LogP contribution in [0.5, 0.6) is 0 Å². The fraction of sp³-hybridized carbons (Fsp3) is 0.467. The van der Waals surface area contributed by atoms with Crippen LogP contribution in [0.2, 0.25) is 5.02 Å². The third-order valence-corrected chi connectivity index (χ3v) is 8.11. The first-order valence-electron chi connectivity index (χ1n) is 13.9. The van der Waals surface area contributed by atoms with E-state index in [4.69, 9.17) is 11.6 Å². The zero-order valence-electron chi connectivity index (χ0n) is 22.5. The predicted octanol–water partition coefficient (Wildman–Crippen LogP) is 4.55. The minimum Gasteiger partial charge on any atom is -0.369 e. The molecular weight excluding hydrogens is 496 g/mol. The fourth-order valence-electron chi connectivity index (χ4n) is 5.68. The summed E-state index contributed by atoms with van der Waals surface area (Å²) in [6.45, 7) is 12.1. The minimum atomic E-state index is -0.0292. The molecule has 2 N–H and O–H groups in total. The van der Waals surface area contributed by atoms with Gasteiger partial charge in [-0.25, -0.2) is 4.68 Å². The number of carbonyl (C=O) groups is 1. The number of piperazine rings is 1. The summed E-state index contributed by atoms with van der Waals surface area (Å²) in [5.74, 6) is 0.266. The van der Waals surface area contributed by atoms with Gasteiger partial charge in [-0.3, -0.25) is 9.69 Å². The third kappa shape index (κ3) is 6.22. The number of aromatic nitrogens is 2. The monoisotopic (exact) mass is 534 g/mol. The second kappa shape index (κ2) is 12.3. The SMILES string of the molecule is Cc1ccc(C)c(N2CCN(CCCNC(=O)c3cnn(-c4ccc(Cl)cc4)c3C3CCNCC3)CC2)c1. The minimum absolute atomic E-state index is 0.0292. The Hall–Kier alpha value is -2.87. The molecule has 1 aromatic heterocycles. The highest BCUT2D eigenvalue weighted by atomic mass is 35.5. The molecule has 7 nitrogen and oxygen atoms in total. The van der Waals surface area contributed by atoms with E-state index in [1.165, 1.54) is 16.8 Å². The van der Waals surface area contributed by atoms with Crippen LogP contribution in [-0.2, 0) is 0 Å². The van der Waals surface area contributed by atoms with Crippen molar-refractivity contribution in [1.82, 2.24) is 25.3 Å². The molecule has 8 heteroatoms. The van der Waals surface area contributed by atoms with Crippen LogP contribution in [0.3, 0.4) is 0 Å². The standard InChI is InChI=1S/C30H39ClN6O/c1-22-4-5-23(2)28(20-22)36-18-16-35(17-19-36)15-3-12-33-30(38)27-21-34-37(26-8-6-25(31)7-9-26)29(27)24-10-13-32-14-11-24/h4-9,20-21,24,32H,3,10-19H2,1-2H3,(H,33,38). The number of aryl methyl sites for hydroxylation is 2. The van der Waals surface area contributed by atoms with Crippen LogP contribution in [0.1, 0.15) is 52.4 Å². The van der Waals surface area contributed by atoms with E-state index < -0.39 is 0 Å². The molecule has 2 saturated heterocycles. The topological polar surface area (TPSA) is 65.4 Å². The molecule has 2 aliphatic rings. The highest BCUT2D eigenvalue weighted by Gasteiger charge is 2.27. The van der Waals surface area contributed by atoms with Gasteiger partial charge in [-0.2, -0.15) is 5.10 Å². The molecule has 0 bridgehead atoms. The van der Waals surface area contributed by atoms with E-state index in [-0.39, 0.29) is 5.91 Å². The number of rotatable bonds is 8. The molecular formula is C30H39ClN6O. The Morgan fingerprint density at radius 3 is 2.53 bits per heavy atom. The number of anilines is 1. The molecule has 2 aliphatic heterocycles. The molecule has 3 aromatic rings. The number of amides is 1. The van der Waals surface area contributed by atoms with Crippen LogP contribution < -0.4 is 15.5 Å². The van der Waals surface area contributed by atoms with Gasteiger partial charge in [0.1, 0.15) is 0 Å². The average molecular weight is 535 g/mol. The Balaban J connectivity index is 1.16. The van der Waals surface area contributed by atoms with Crippen LogP contribution in [0, 0.1) is 13.8 Å². The van der Waals surface area contributed by atoms with E-state index in [9.17, 15) is 4.79 Å². The summed E-state index contributed by atoms with van der Waals surface area (Å²) in [5.41, 5.74) is 6.64. The quantitative estimate of drug-likeness (QED) is 0.415. The Bertz CT molecular complexity index is 1230. The van der Waals surface area contributed by atoms with E-state index in [2.05, 4.69) is 57.6 Å². The zero-order valence-corrected chi connectivity index (χ0v) is 23.3. The van der Waals surface area contributed by atoms with Gasteiger partial charge in [0.15, 0.2) is 0 Å². The van der Waals surface area contributed by atoms with Gasteiger partial charge in [0.25, 0.3) is 5.91 Å². The van der Waals surface area contributed by atoms with Crippen molar-refractivity contribution < 1.29 is 4.79 Å². The summed E-state index contributed by atoms with van der Waals surface area (Å²) in [4.78, 5) is 18.3. The molecule has 0 atom stereocenters. The van der Waals surface area contributed by atoms with Crippen molar-refractivity contribution in [2.45, 2.75) is 39.0 Å². The Kier molecular flexibility index (Phi) is 8.67. The van der Waals surface area contributed by atoms with Crippen molar-refractivity contribution >= 4 is 23.2 Å². The maximum absolute atomic E-state index is 13.3. The lowest BCUT2D eigenvalue weighted by molar-refractivity contribution is 0.0949. The van der Waals surface area contributed by atoms with E-state index in [0.29, 0.717) is 23.0 Å². The molecule has 2 aromatic carbocycles. The van der Waals surface area contributed by atoms with Crippen LogP contribution in [0.4, 0.5) is 5.69 Å². The molecule has 3 heterocycles. The maximum Gasteiger partial charge on any atom is 0.254 e. The Morgan fingerprint density at radius 1 is 1.05 bits per heavy atom. The number of piperidine rings is 1. The fourth-order valence-corrected chi connectivity index (χ4v) is 5.81. The Morgan fingerprint density at radius 2 is 1.79 bits per heavy atom. The van der Waals surface area contributed by atoms with Crippen LogP contribution in [0.15, 0.2) is 48.7 Å². The number of carbonyl (C=O) groups excluding carboxylic acids is 1. The maximum atomic E-state index is 13.3. The first kappa shape index (κ1) is 26.7. The smallest absolute Gasteiger partial charge is 0.254 e. The second-order valence-electron chi connectivity index (χ2n) is 10.6. The van der Waals surface area contributed by atoms with Crippen LogP contribution >= 0.6 is 11.6 Å². The number of hydrogen-bond donors (Lipinski definition) is 2. The van der Waals surface area contributed by atoms with Gasteiger partial charge in [0.05, 0.1) is 23.1 Å². The lowest BCUT2D eigenvalue weighted by Gasteiger charge is -2.37. The van der Waals surface area contributed by atoms with Gasteiger partial charge in [-0.15, -0.1) is 0 Å². The van der Waals surface area contributed by atoms with E-state index in [1.807, 2.05) is 28.9 Å². The molecule has 5 rings (SSSR count). The van der Waals surface area contributed by atoms with Gasteiger partial charge in [0, 0.05) is 49.4 Å². The molecule has 0 spiro atoms. The number of nitrogens with one attached hydrogen (secondary N) is 2. The molecule has 2 fully saturated rings. The van der Waals surface area contributed by atoms with Crippen molar-refractivity contribution in [3.8, 4) is 5.69 Å². The lowest BCUT2D eigenvalue weighted by atomic mass is 9.91. The van der Waals surface area contributed by atoms with Gasteiger partial charge in [-0.1, -0.05) is 23.7 Å². The molecule has 0 unspecified atom stereocenters. The molecule has 1 amide bonds.